The van der Waals surface area contributed by atoms with Crippen LogP contribution in [0.15, 0.2) is 29.3 Å². The fraction of sp³-hybridized carbons (Fsp3) is 0.545. The number of nitrogens with two attached hydrogens (primary N) is 1. The van der Waals surface area contributed by atoms with Gasteiger partial charge in [0.05, 0.1) is 10.8 Å². The maximum atomic E-state index is 13.5. The molecule has 1 aliphatic heterocycles. The Morgan fingerprint density at radius 2 is 2.13 bits per heavy atom. The van der Waals surface area contributed by atoms with Crippen LogP contribution in [0.1, 0.15) is 54.4 Å². The van der Waals surface area contributed by atoms with E-state index in [1.54, 1.807) is 42.4 Å². The van der Waals surface area contributed by atoms with Crippen LogP contribution >= 0.6 is 0 Å². The minimum Gasteiger partial charge on any atom is -0.444 e. The van der Waals surface area contributed by atoms with Crippen molar-refractivity contribution in [3.8, 4) is 0 Å². The zero-order valence-corrected chi connectivity index (χ0v) is 18.1. The van der Waals surface area contributed by atoms with Crippen LogP contribution in [0.3, 0.4) is 0 Å². The number of carbonyl (C=O) groups is 2. The molecule has 3 fully saturated rings. The van der Waals surface area contributed by atoms with Crippen LogP contribution in [0, 0.1) is 5.92 Å². The molecule has 1 heterocycles. The first-order valence-electron chi connectivity index (χ1n) is 10.5. The quantitative estimate of drug-likeness (QED) is 0.386. The molecule has 1 saturated heterocycles. The zero-order chi connectivity index (χ0) is 21.3. The Morgan fingerprint density at radius 1 is 1.37 bits per heavy atom. The number of aldehydes is 1. The summed E-state index contributed by atoms with van der Waals surface area (Å²) in [5, 5.41) is 0. The maximum Gasteiger partial charge on any atom is 0.310 e. The van der Waals surface area contributed by atoms with E-state index in [1.165, 1.54) is 0 Å². The summed E-state index contributed by atoms with van der Waals surface area (Å²) in [5.74, 6) is -0.120. The lowest BCUT2D eigenvalue weighted by atomic mass is 9.86. The first-order chi connectivity index (χ1) is 14.5. The van der Waals surface area contributed by atoms with E-state index in [9.17, 15) is 13.8 Å². The molecule has 3 aliphatic rings. The fourth-order valence-electron chi connectivity index (χ4n) is 4.21. The molecule has 8 heteroatoms. The predicted molar refractivity (Wildman–Crippen MR) is 115 cm³/mol. The summed E-state index contributed by atoms with van der Waals surface area (Å²) < 4.78 is 20.8. The van der Waals surface area contributed by atoms with E-state index in [-0.39, 0.29) is 30.2 Å². The highest BCUT2D eigenvalue weighted by Crippen LogP contribution is 2.50. The summed E-state index contributed by atoms with van der Waals surface area (Å²) in [6.07, 6.45) is 9.95. The zero-order valence-electron chi connectivity index (χ0n) is 17.3. The van der Waals surface area contributed by atoms with Crippen molar-refractivity contribution in [3.05, 3.63) is 35.5 Å². The monoisotopic (exact) mass is 431 g/mol. The molecule has 162 valence electrons. The Kier molecular flexibility index (Phi) is 6.09. The number of carbonyl (C=O) groups excluding carboxylic acids is 2. The molecule has 0 bridgehead atoms. The van der Waals surface area contributed by atoms with Gasteiger partial charge in [0, 0.05) is 42.5 Å². The van der Waals surface area contributed by atoms with Crippen LogP contribution in [0.5, 0.6) is 0 Å². The third-order valence-electron chi connectivity index (χ3n) is 6.55. The van der Waals surface area contributed by atoms with E-state index >= 15 is 0 Å². The average Bonchev–Trinajstić information content (AvgIpc) is 3.43. The van der Waals surface area contributed by atoms with E-state index in [0.717, 1.165) is 44.8 Å². The lowest BCUT2D eigenvalue weighted by Gasteiger charge is -2.26. The highest BCUT2D eigenvalue weighted by atomic mass is 32.2. The molecule has 1 spiro atoms. The van der Waals surface area contributed by atoms with Gasteiger partial charge < -0.3 is 15.4 Å². The Labute approximate surface area is 179 Å². The fourth-order valence-corrected chi connectivity index (χ4v) is 5.94. The van der Waals surface area contributed by atoms with Crippen LogP contribution in [0.4, 0.5) is 0 Å². The molecule has 1 aromatic carbocycles. The molecule has 4 rings (SSSR count). The summed E-state index contributed by atoms with van der Waals surface area (Å²) in [6, 6.07) is 5.33. The molecule has 1 aromatic rings. The number of hydrogen-bond donors (Lipinski definition) is 1. The van der Waals surface area contributed by atoms with Crippen LogP contribution < -0.4 is 5.73 Å². The first-order valence-corrected chi connectivity index (χ1v) is 11.7. The first kappa shape index (κ1) is 21.2. The van der Waals surface area contributed by atoms with Crippen LogP contribution in [0.25, 0.3) is 6.08 Å². The molecule has 2 aliphatic carbocycles. The molecule has 7 nitrogen and oxygen atoms in total. The SMILES string of the molecule is CN(/C=C\c1c(C=O)cccc1S(=O)N1CCC(N)C12CC2)COC(=O)C1CCC1. The average molecular weight is 432 g/mol. The Bertz CT molecular complexity index is 879. The van der Waals surface area contributed by atoms with Gasteiger partial charge in [-0.2, -0.15) is 0 Å². The largest absolute Gasteiger partial charge is 0.444 e. The standard InChI is InChI=1S/C22H29N3O4S/c1-24(15-29-21(27)16-4-2-5-16)12-8-18-17(14-26)6-3-7-19(18)30(28)25-13-9-20(23)22(25)10-11-22/h3,6-8,12,14,16,20H,2,4-5,9-11,13,15,23H2,1H3/b12-8-. The summed E-state index contributed by atoms with van der Waals surface area (Å²) in [5.41, 5.74) is 7.22. The van der Waals surface area contributed by atoms with Crippen molar-refractivity contribution in [2.75, 3.05) is 20.3 Å². The van der Waals surface area contributed by atoms with Crippen molar-refractivity contribution in [2.45, 2.75) is 55.0 Å². The second-order valence-electron chi connectivity index (χ2n) is 8.52. The number of esters is 1. The van der Waals surface area contributed by atoms with Gasteiger partial charge in [-0.05, 0) is 44.2 Å². The smallest absolute Gasteiger partial charge is 0.310 e. The molecule has 30 heavy (non-hydrogen) atoms. The molecular formula is C22H29N3O4S. The molecule has 0 amide bonds. The molecular weight excluding hydrogens is 402 g/mol. The van der Waals surface area contributed by atoms with Gasteiger partial charge in [0.15, 0.2) is 13.0 Å². The lowest BCUT2D eigenvalue weighted by Crippen LogP contribution is -2.42. The number of rotatable bonds is 8. The van der Waals surface area contributed by atoms with E-state index in [4.69, 9.17) is 10.5 Å². The number of nitrogens with zero attached hydrogens (tertiary/aromatic N) is 2. The highest BCUT2D eigenvalue weighted by Gasteiger charge is 2.58. The number of benzene rings is 1. The molecule has 0 aromatic heterocycles. The van der Waals surface area contributed by atoms with Gasteiger partial charge in [0.25, 0.3) is 0 Å². The van der Waals surface area contributed by atoms with Crippen molar-refractivity contribution in [1.29, 1.82) is 0 Å². The molecule has 2 atom stereocenters. The van der Waals surface area contributed by atoms with Gasteiger partial charge in [-0.25, -0.2) is 8.51 Å². The lowest BCUT2D eigenvalue weighted by molar-refractivity contribution is -0.154. The summed E-state index contributed by atoms with van der Waals surface area (Å²) in [7, 11) is 0.399. The summed E-state index contributed by atoms with van der Waals surface area (Å²) in [6.45, 7) is 0.830. The van der Waals surface area contributed by atoms with Crippen molar-refractivity contribution in [3.63, 3.8) is 0 Å². The predicted octanol–water partition coefficient (Wildman–Crippen LogP) is 2.29. The normalized spacial score (nSPS) is 24.0. The molecule has 0 radical (unpaired) electrons. The van der Waals surface area contributed by atoms with Crippen molar-refractivity contribution >= 4 is 29.3 Å². The van der Waals surface area contributed by atoms with Crippen LogP contribution in [-0.4, -0.2) is 57.6 Å². The second kappa shape index (κ2) is 8.61. The van der Waals surface area contributed by atoms with Gasteiger partial charge in [0.1, 0.15) is 11.0 Å². The highest BCUT2D eigenvalue weighted by molar-refractivity contribution is 7.82. The van der Waals surface area contributed by atoms with E-state index < -0.39 is 11.0 Å². The van der Waals surface area contributed by atoms with Gasteiger partial charge in [0.2, 0.25) is 0 Å². The van der Waals surface area contributed by atoms with E-state index in [0.29, 0.717) is 22.6 Å². The molecule has 2 unspecified atom stereocenters. The van der Waals surface area contributed by atoms with Crippen LogP contribution in [0.2, 0.25) is 0 Å². The minimum atomic E-state index is -1.40. The third-order valence-corrected chi connectivity index (χ3v) is 8.23. The third kappa shape index (κ3) is 3.96. The van der Waals surface area contributed by atoms with Gasteiger partial charge in [-0.1, -0.05) is 18.6 Å². The Hall–Kier alpha value is -2.03. The van der Waals surface area contributed by atoms with Crippen molar-refractivity contribution in [1.82, 2.24) is 9.21 Å². The second-order valence-corrected chi connectivity index (χ2v) is 9.90. The van der Waals surface area contributed by atoms with E-state index in [1.807, 2.05) is 4.31 Å². The van der Waals surface area contributed by atoms with E-state index in [2.05, 4.69) is 0 Å². The number of hydrogen-bond acceptors (Lipinski definition) is 6. The topological polar surface area (TPSA) is 92.9 Å². The number of ether oxygens (including phenoxy) is 1. The summed E-state index contributed by atoms with van der Waals surface area (Å²) in [4.78, 5) is 25.9. The van der Waals surface area contributed by atoms with Gasteiger partial charge in [-0.15, -0.1) is 0 Å². The van der Waals surface area contributed by atoms with Gasteiger partial charge >= 0.3 is 5.97 Å². The van der Waals surface area contributed by atoms with Crippen molar-refractivity contribution < 1.29 is 18.5 Å². The summed E-state index contributed by atoms with van der Waals surface area (Å²) >= 11 is 0. The Morgan fingerprint density at radius 3 is 2.77 bits per heavy atom. The molecule has 2 saturated carbocycles. The maximum absolute atomic E-state index is 13.5. The van der Waals surface area contributed by atoms with Gasteiger partial charge in [-0.3, -0.25) is 9.59 Å². The minimum absolute atomic E-state index is 0.0359. The Balaban J connectivity index is 1.49. The van der Waals surface area contributed by atoms with Crippen molar-refractivity contribution in [2.24, 2.45) is 11.7 Å². The van der Waals surface area contributed by atoms with Crippen LogP contribution in [-0.2, 0) is 20.5 Å². The molecule has 2 N–H and O–H groups in total.